The largest absolute Gasteiger partial charge is 0.748 e. The fourth-order valence-corrected chi connectivity index (χ4v) is 8.08. The molecule has 2 aliphatic rings. The first-order chi connectivity index (χ1) is 23.3. The molecule has 0 fully saturated rings. The Kier molecular flexibility index (Phi) is 7.23. The van der Waals surface area contributed by atoms with Crippen LogP contribution in [0.25, 0.3) is 45.1 Å². The number of nitrogens with zero attached hydrogens (tertiary/aromatic N) is 5. The van der Waals surface area contributed by atoms with E-state index in [-0.39, 0.29) is 19.6 Å². The highest BCUT2D eigenvalue weighted by atomic mass is 32.2. The molecule has 10 nitrogen and oxygen atoms in total. The Morgan fingerprint density at radius 2 is 1.31 bits per heavy atom. The summed E-state index contributed by atoms with van der Waals surface area (Å²) < 4.78 is 46.2. The second kappa shape index (κ2) is 11.4. The molecule has 0 spiro atoms. The summed E-state index contributed by atoms with van der Waals surface area (Å²) in [7, 11) is -4.38. The van der Waals surface area contributed by atoms with Crippen LogP contribution in [0.1, 0.15) is 42.9 Å². The van der Waals surface area contributed by atoms with E-state index in [0.29, 0.717) is 23.2 Å². The van der Waals surface area contributed by atoms with Gasteiger partial charge in [-0.25, -0.2) is 17.6 Å². The number of benzene rings is 3. The third kappa shape index (κ3) is 4.44. The molecule has 0 saturated carbocycles. The first-order valence-electron chi connectivity index (χ1n) is 16.3. The second-order valence-electron chi connectivity index (χ2n) is 12.4. The maximum absolute atomic E-state index is 11.6. The van der Waals surface area contributed by atoms with E-state index in [1.165, 1.54) is 0 Å². The summed E-state index contributed by atoms with van der Waals surface area (Å²) in [5, 5.41) is 20.0. The summed E-state index contributed by atoms with van der Waals surface area (Å²) in [6.07, 6.45) is 2.21. The zero-order chi connectivity index (χ0) is 33.2. The monoisotopic (exact) mass is 661 g/mol. The minimum atomic E-state index is -4.38. The van der Waals surface area contributed by atoms with Crippen molar-refractivity contribution in [3.05, 3.63) is 102 Å². The van der Waals surface area contributed by atoms with Crippen molar-refractivity contribution in [1.29, 1.82) is 0 Å². The van der Waals surface area contributed by atoms with E-state index in [4.69, 9.17) is 0 Å². The van der Waals surface area contributed by atoms with Crippen molar-refractivity contribution < 1.29 is 36.9 Å². The van der Waals surface area contributed by atoms with Gasteiger partial charge in [-0.1, -0.05) is 54.2 Å². The number of aliphatic hydroxyl groups excluding tert-OH is 2. The van der Waals surface area contributed by atoms with Crippen LogP contribution in [0, 0.1) is 11.8 Å². The molecule has 6 aromatic rings. The van der Waals surface area contributed by atoms with Crippen molar-refractivity contribution in [3.63, 3.8) is 0 Å². The van der Waals surface area contributed by atoms with Gasteiger partial charge in [-0.15, -0.1) is 9.13 Å². The van der Waals surface area contributed by atoms with Crippen molar-refractivity contribution in [2.75, 3.05) is 5.75 Å². The Bertz CT molecular complexity index is 2430. The van der Waals surface area contributed by atoms with E-state index >= 15 is 0 Å². The van der Waals surface area contributed by atoms with Crippen LogP contribution in [0.15, 0.2) is 84.9 Å². The summed E-state index contributed by atoms with van der Waals surface area (Å²) in [6.45, 7) is 2.99. The molecular weight excluding hydrogens is 627 g/mol. The number of aliphatic hydroxyl groups is 2. The smallest absolute Gasteiger partial charge is 0.528 e. The van der Waals surface area contributed by atoms with Gasteiger partial charge in [-0.05, 0) is 66.4 Å². The van der Waals surface area contributed by atoms with E-state index in [1.807, 2.05) is 36.4 Å². The normalized spacial score (nSPS) is 15.8. The minimum absolute atomic E-state index is 0.169. The molecule has 1 unspecified atom stereocenters. The molecular formula is C37H35N5O5S+2. The zero-order valence-corrected chi connectivity index (χ0v) is 27.3. The van der Waals surface area contributed by atoms with Crippen molar-refractivity contribution in [3.8, 4) is 34.9 Å². The first kappa shape index (κ1) is 30.5. The van der Waals surface area contributed by atoms with Crippen molar-refractivity contribution in [2.45, 2.75) is 58.3 Å². The Hall–Kier alpha value is -4.86. The van der Waals surface area contributed by atoms with E-state index in [0.717, 1.165) is 64.5 Å². The van der Waals surface area contributed by atoms with Crippen LogP contribution in [-0.2, 0) is 42.2 Å². The lowest BCUT2D eigenvalue weighted by atomic mass is 10.1. The SMILES string of the molecule is CCCC[n+]1c2n(c3ccccc31)C1(C#Cc3cc(CO)cc(CO)c3)n3c([n+](CCCS(=O)(=O)[O-])c4ccccc43)-c3cccc-2[n+]31. The van der Waals surface area contributed by atoms with Gasteiger partial charge in [0.05, 0.1) is 42.3 Å². The van der Waals surface area contributed by atoms with Gasteiger partial charge >= 0.3 is 28.8 Å². The van der Waals surface area contributed by atoms with Crippen molar-refractivity contribution >= 4 is 32.2 Å². The number of pyridine rings is 1. The molecule has 0 radical (unpaired) electrons. The molecule has 2 N–H and O–H groups in total. The number of rotatable bonds is 9. The van der Waals surface area contributed by atoms with E-state index < -0.39 is 21.7 Å². The second-order valence-corrected chi connectivity index (χ2v) is 14.0. The Morgan fingerprint density at radius 3 is 1.83 bits per heavy atom. The number of aromatic nitrogens is 5. The number of hydrogen-bond donors (Lipinski definition) is 2. The van der Waals surface area contributed by atoms with Crippen molar-refractivity contribution in [2.24, 2.45) is 0 Å². The van der Waals surface area contributed by atoms with Gasteiger partial charge in [0, 0.05) is 23.4 Å². The molecule has 0 bridgehead atoms. The standard InChI is InChI=1S/C37H35N5O5S/c1-2-3-18-38-29-10-4-6-12-31(29)41-35(38)33-14-8-15-34-36-39(19-9-20-48(45,46)47)30-11-5-7-13-32(30)42(36)37(41,40(33)34)17-16-26-21-27(24-43)23-28(22-26)25-44/h4-8,10-15,21-23,43-44H,2-3,9,18-20,24-25H2,1H3/q+2. The molecule has 1 atom stereocenters. The predicted molar refractivity (Wildman–Crippen MR) is 177 cm³/mol. The summed E-state index contributed by atoms with van der Waals surface area (Å²) in [5.41, 5.74) is 7.84. The molecule has 5 heterocycles. The number of imidazole rings is 2. The van der Waals surface area contributed by atoms with Gasteiger partial charge in [0.1, 0.15) is 0 Å². The number of para-hydroxylation sites is 4. The zero-order valence-electron chi connectivity index (χ0n) is 26.5. The van der Waals surface area contributed by atoms with E-state index in [2.05, 4.69) is 84.1 Å². The molecule has 48 heavy (non-hydrogen) atoms. The van der Waals surface area contributed by atoms with Crippen LogP contribution in [0.2, 0.25) is 0 Å². The Balaban J connectivity index is 1.50. The minimum Gasteiger partial charge on any atom is -0.748 e. The van der Waals surface area contributed by atoms with Crippen LogP contribution in [-0.4, -0.2) is 38.1 Å². The maximum atomic E-state index is 11.6. The predicted octanol–water partition coefficient (Wildman–Crippen LogP) is 2.90. The summed E-state index contributed by atoms with van der Waals surface area (Å²) in [5.74, 6) is 7.53. The Morgan fingerprint density at radius 1 is 0.771 bits per heavy atom. The molecule has 11 heteroatoms. The summed E-state index contributed by atoms with van der Waals surface area (Å²) in [6, 6.07) is 28.1. The van der Waals surface area contributed by atoms with Crippen molar-refractivity contribution in [1.82, 2.24) is 9.13 Å². The number of hydrogen-bond acceptors (Lipinski definition) is 5. The van der Waals surface area contributed by atoms with Crippen LogP contribution in [0.4, 0.5) is 0 Å². The van der Waals surface area contributed by atoms with Gasteiger partial charge in [0.2, 0.25) is 0 Å². The van der Waals surface area contributed by atoms with Crippen LogP contribution in [0.5, 0.6) is 0 Å². The lowest BCUT2D eigenvalue weighted by molar-refractivity contribution is -0.728. The lowest BCUT2D eigenvalue weighted by Crippen LogP contribution is -2.58. The lowest BCUT2D eigenvalue weighted by Gasteiger charge is -2.10. The Labute approximate surface area is 278 Å². The average Bonchev–Trinajstić information content (AvgIpc) is 3.78. The average molecular weight is 662 g/mol. The topological polar surface area (TPSA) is 119 Å². The number of fused-ring (bicyclic) bond motifs is 10. The molecule has 0 saturated heterocycles. The number of aryl methyl sites for hydroxylation is 2. The maximum Gasteiger partial charge on any atom is 0.528 e. The van der Waals surface area contributed by atoms with Gasteiger partial charge in [-0.3, -0.25) is 0 Å². The summed E-state index contributed by atoms with van der Waals surface area (Å²) in [4.78, 5) is 0. The van der Waals surface area contributed by atoms with E-state index in [9.17, 15) is 23.2 Å². The van der Waals surface area contributed by atoms with Gasteiger partial charge in [0.15, 0.2) is 22.1 Å². The van der Waals surface area contributed by atoms with E-state index in [1.54, 1.807) is 6.07 Å². The highest BCUT2D eigenvalue weighted by Gasteiger charge is 2.73. The molecule has 242 valence electrons. The fraction of sp³-hybridized carbons (Fsp3) is 0.270. The van der Waals surface area contributed by atoms with Gasteiger partial charge in [-0.2, -0.15) is 0 Å². The molecule has 0 amide bonds. The van der Waals surface area contributed by atoms with Gasteiger partial charge < -0.3 is 14.8 Å². The van der Waals surface area contributed by atoms with Crippen LogP contribution < -0.4 is 13.7 Å². The number of unbranched alkanes of at least 4 members (excludes halogenated alkanes) is 1. The first-order valence-corrected chi connectivity index (χ1v) is 17.8. The molecule has 3 aromatic heterocycles. The molecule has 0 aliphatic carbocycles. The third-order valence-electron chi connectivity index (χ3n) is 9.45. The molecule has 2 aliphatic heterocycles. The highest BCUT2D eigenvalue weighted by Crippen LogP contribution is 2.44. The highest BCUT2D eigenvalue weighted by molar-refractivity contribution is 7.85. The van der Waals surface area contributed by atoms with Gasteiger partial charge in [0.25, 0.3) is 0 Å². The molecule has 8 rings (SSSR count). The quantitative estimate of drug-likeness (QED) is 0.140. The molecule has 3 aromatic carbocycles. The van der Waals surface area contributed by atoms with Crippen LogP contribution >= 0.6 is 0 Å². The summed E-state index contributed by atoms with van der Waals surface area (Å²) >= 11 is 0. The third-order valence-corrected chi connectivity index (χ3v) is 10.2. The fourth-order valence-electron chi connectivity index (χ4n) is 7.60. The van der Waals surface area contributed by atoms with Crippen LogP contribution in [0.3, 0.4) is 0 Å².